The van der Waals surface area contributed by atoms with E-state index in [1.54, 1.807) is 6.92 Å². The first-order valence-corrected chi connectivity index (χ1v) is 11.7. The Morgan fingerprint density at radius 2 is 1.29 bits per heavy atom. The van der Waals surface area contributed by atoms with Crippen LogP contribution >= 0.6 is 0 Å². The zero-order chi connectivity index (χ0) is 23.4. The molecule has 2 N–H and O–H groups in total. The van der Waals surface area contributed by atoms with Gasteiger partial charge >= 0.3 is 0 Å². The lowest BCUT2D eigenvalue weighted by Gasteiger charge is -2.40. The topological polar surface area (TPSA) is 44.9 Å². The summed E-state index contributed by atoms with van der Waals surface area (Å²) in [6.45, 7) is 2.32. The highest BCUT2D eigenvalue weighted by atomic mass is 16.1. The van der Waals surface area contributed by atoms with E-state index in [-0.39, 0.29) is 11.7 Å². The number of carbonyl (C=O) groups excluding carboxylic acids is 1. The Hall–Kier alpha value is -4.11. The number of aromatic nitrogens is 1. The van der Waals surface area contributed by atoms with E-state index < -0.39 is 5.41 Å². The van der Waals surface area contributed by atoms with Gasteiger partial charge < -0.3 is 10.3 Å². The third-order valence-electron chi connectivity index (χ3n) is 6.82. The Kier molecular flexibility index (Phi) is 6.01. The van der Waals surface area contributed by atoms with E-state index in [0.29, 0.717) is 6.54 Å². The van der Waals surface area contributed by atoms with Crippen LogP contribution < -0.4 is 5.32 Å². The number of hydrogen-bond donors (Lipinski definition) is 2. The first-order chi connectivity index (χ1) is 16.7. The highest BCUT2D eigenvalue weighted by Crippen LogP contribution is 2.46. The second-order valence-corrected chi connectivity index (χ2v) is 8.69. The number of carbonyl (C=O) groups is 1. The molecular formula is C31H28N2O. The van der Waals surface area contributed by atoms with Crippen molar-refractivity contribution in [2.75, 3.05) is 11.9 Å². The van der Waals surface area contributed by atoms with Crippen LogP contribution in [0.15, 0.2) is 121 Å². The molecule has 5 rings (SSSR count). The second-order valence-electron chi connectivity index (χ2n) is 8.69. The van der Waals surface area contributed by atoms with Crippen molar-refractivity contribution in [2.45, 2.75) is 18.3 Å². The molecular weight excluding hydrogens is 416 g/mol. The number of Topliss-reactive ketones (excluding diaryl/α,β-unsaturated/α-hetero) is 1. The number of nitrogens with one attached hydrogen (secondary N) is 2. The molecule has 4 aromatic carbocycles. The minimum atomic E-state index is -0.844. The lowest BCUT2D eigenvalue weighted by molar-refractivity contribution is -0.121. The van der Waals surface area contributed by atoms with Crippen molar-refractivity contribution < 1.29 is 4.79 Å². The van der Waals surface area contributed by atoms with Crippen molar-refractivity contribution in [2.24, 2.45) is 0 Å². The fourth-order valence-electron chi connectivity index (χ4n) is 5.26. The molecule has 0 amide bonds. The zero-order valence-electron chi connectivity index (χ0n) is 19.2. The van der Waals surface area contributed by atoms with Crippen LogP contribution in [-0.2, 0) is 10.2 Å². The molecule has 1 heterocycles. The first kappa shape index (κ1) is 21.7. The summed E-state index contributed by atoms with van der Waals surface area (Å²) >= 11 is 0. The quantitative estimate of drug-likeness (QED) is 0.272. The lowest BCUT2D eigenvalue weighted by atomic mass is 9.61. The molecule has 3 nitrogen and oxygen atoms in total. The van der Waals surface area contributed by atoms with Crippen LogP contribution in [0.4, 0.5) is 5.69 Å². The van der Waals surface area contributed by atoms with Crippen LogP contribution in [0.3, 0.4) is 0 Å². The highest BCUT2D eigenvalue weighted by Gasteiger charge is 2.46. The molecule has 0 aliphatic heterocycles. The van der Waals surface area contributed by atoms with Crippen molar-refractivity contribution in [1.29, 1.82) is 0 Å². The molecule has 3 heteroatoms. The monoisotopic (exact) mass is 444 g/mol. The minimum absolute atomic E-state index is 0.125. The average Bonchev–Trinajstić information content (AvgIpc) is 3.31. The van der Waals surface area contributed by atoms with E-state index in [0.717, 1.165) is 33.3 Å². The largest absolute Gasteiger partial charge is 0.383 e. The van der Waals surface area contributed by atoms with Gasteiger partial charge in [-0.3, -0.25) is 4.79 Å². The number of benzene rings is 4. The van der Waals surface area contributed by atoms with Gasteiger partial charge in [0.15, 0.2) is 0 Å². The zero-order valence-corrected chi connectivity index (χ0v) is 19.2. The molecule has 0 fully saturated rings. The molecule has 0 aliphatic rings. The predicted octanol–water partition coefficient (Wildman–Crippen LogP) is 6.94. The normalized spacial score (nSPS) is 12.4. The molecule has 0 spiro atoms. The molecule has 0 saturated heterocycles. The molecule has 0 bridgehead atoms. The van der Waals surface area contributed by atoms with Crippen molar-refractivity contribution in [3.8, 4) is 0 Å². The maximum atomic E-state index is 13.8. The highest BCUT2D eigenvalue weighted by molar-refractivity contribution is 5.94. The number of aromatic amines is 1. The molecule has 1 unspecified atom stereocenters. The van der Waals surface area contributed by atoms with E-state index in [4.69, 9.17) is 0 Å². The van der Waals surface area contributed by atoms with E-state index >= 15 is 0 Å². The van der Waals surface area contributed by atoms with E-state index in [1.807, 2.05) is 60.8 Å². The van der Waals surface area contributed by atoms with E-state index in [9.17, 15) is 4.79 Å². The van der Waals surface area contributed by atoms with Gasteiger partial charge in [0.2, 0.25) is 0 Å². The smallest absolute Gasteiger partial charge is 0.145 e. The molecule has 1 aromatic heterocycles. The molecule has 5 aromatic rings. The number of H-pyrrole nitrogens is 1. The summed E-state index contributed by atoms with van der Waals surface area (Å²) in [4.78, 5) is 17.2. The van der Waals surface area contributed by atoms with Crippen molar-refractivity contribution >= 4 is 22.4 Å². The van der Waals surface area contributed by atoms with Gasteiger partial charge in [0.25, 0.3) is 0 Å². The SMILES string of the molecule is CC(=O)C(c1ccccc1)(c1ccccc1)C(CNc1c[nH]c2ccccc12)c1ccccc1. The molecule has 168 valence electrons. The van der Waals surface area contributed by atoms with E-state index in [1.165, 1.54) is 0 Å². The van der Waals surface area contributed by atoms with Crippen LogP contribution in [-0.4, -0.2) is 17.3 Å². The Bertz CT molecular complexity index is 1330. The summed E-state index contributed by atoms with van der Waals surface area (Å²) in [5.41, 5.74) is 4.41. The summed E-state index contributed by atoms with van der Waals surface area (Å²) in [6.07, 6.45) is 2.01. The number of rotatable bonds is 8. The fourth-order valence-corrected chi connectivity index (χ4v) is 5.26. The summed E-state index contributed by atoms with van der Waals surface area (Å²) in [5, 5.41) is 4.82. The first-order valence-electron chi connectivity index (χ1n) is 11.7. The van der Waals surface area contributed by atoms with Crippen molar-refractivity contribution in [3.05, 3.63) is 138 Å². The van der Waals surface area contributed by atoms with Crippen molar-refractivity contribution in [3.63, 3.8) is 0 Å². The van der Waals surface area contributed by atoms with Crippen LogP contribution in [0.1, 0.15) is 29.5 Å². The van der Waals surface area contributed by atoms with Gasteiger partial charge in [-0.15, -0.1) is 0 Å². The Labute approximate surface area is 200 Å². The van der Waals surface area contributed by atoms with Crippen LogP contribution in [0.5, 0.6) is 0 Å². The van der Waals surface area contributed by atoms with Gasteiger partial charge in [-0.2, -0.15) is 0 Å². The summed E-state index contributed by atoms with van der Waals surface area (Å²) in [7, 11) is 0. The molecule has 0 aliphatic carbocycles. The van der Waals surface area contributed by atoms with Gasteiger partial charge in [0.1, 0.15) is 5.78 Å². The number of fused-ring (bicyclic) bond motifs is 1. The Morgan fingerprint density at radius 1 is 0.765 bits per heavy atom. The Morgan fingerprint density at radius 3 is 1.88 bits per heavy atom. The molecule has 34 heavy (non-hydrogen) atoms. The van der Waals surface area contributed by atoms with Crippen LogP contribution in [0.25, 0.3) is 10.9 Å². The molecule has 1 atom stereocenters. The van der Waals surface area contributed by atoms with Gasteiger partial charge in [-0.1, -0.05) is 109 Å². The summed E-state index contributed by atoms with van der Waals surface area (Å²) < 4.78 is 0. The molecule has 0 radical (unpaired) electrons. The van der Waals surface area contributed by atoms with E-state index in [2.05, 4.69) is 71.0 Å². The third-order valence-corrected chi connectivity index (χ3v) is 6.82. The minimum Gasteiger partial charge on any atom is -0.383 e. The number of ketones is 1. The van der Waals surface area contributed by atoms with Gasteiger partial charge in [0, 0.05) is 29.6 Å². The standard InChI is InChI=1S/C31H28N2O/c1-23(34)31(25-15-7-3-8-16-25,26-17-9-4-10-18-26)28(24-13-5-2-6-14-24)21-32-30-22-33-29-20-12-11-19-27(29)30/h2-20,22,28,32-33H,21H2,1H3. The fraction of sp³-hybridized carbons (Fsp3) is 0.129. The second kappa shape index (κ2) is 9.40. The Balaban J connectivity index is 1.69. The summed E-state index contributed by atoms with van der Waals surface area (Å²) in [6, 6.07) is 39.0. The maximum Gasteiger partial charge on any atom is 0.145 e. The van der Waals surface area contributed by atoms with Gasteiger partial charge in [-0.25, -0.2) is 0 Å². The van der Waals surface area contributed by atoms with Gasteiger partial charge in [-0.05, 0) is 29.7 Å². The predicted molar refractivity (Wildman–Crippen MR) is 140 cm³/mol. The number of hydrogen-bond acceptors (Lipinski definition) is 2. The third kappa shape index (κ3) is 3.80. The number of para-hydroxylation sites is 1. The van der Waals surface area contributed by atoms with Crippen LogP contribution in [0, 0.1) is 0 Å². The average molecular weight is 445 g/mol. The maximum absolute atomic E-state index is 13.8. The number of anilines is 1. The van der Waals surface area contributed by atoms with Crippen molar-refractivity contribution in [1.82, 2.24) is 4.98 Å². The van der Waals surface area contributed by atoms with Crippen LogP contribution in [0.2, 0.25) is 0 Å². The summed E-state index contributed by atoms with van der Waals surface area (Å²) in [5.74, 6) is -0.0101. The van der Waals surface area contributed by atoms with Gasteiger partial charge in [0.05, 0.1) is 11.1 Å². The lowest BCUT2D eigenvalue weighted by Crippen LogP contribution is -2.44. The molecule has 0 saturated carbocycles.